The lowest BCUT2D eigenvalue weighted by Crippen LogP contribution is -1.76. The van der Waals surface area contributed by atoms with Crippen LogP contribution in [0.25, 0.3) is 31.0 Å². The number of hydrogen-bond acceptors (Lipinski definition) is 4. The number of fused-ring (bicyclic) bond motifs is 2. The Labute approximate surface area is 112 Å². The van der Waals surface area contributed by atoms with Crippen molar-refractivity contribution in [2.75, 3.05) is 0 Å². The van der Waals surface area contributed by atoms with Gasteiger partial charge in [-0.15, -0.1) is 22.7 Å². The van der Waals surface area contributed by atoms with Crippen molar-refractivity contribution in [3.8, 4) is 10.6 Å². The molecule has 0 N–H and O–H groups in total. The number of aromatic nitrogens is 2. The van der Waals surface area contributed by atoms with Crippen molar-refractivity contribution in [3.63, 3.8) is 0 Å². The molecule has 0 fully saturated rings. The van der Waals surface area contributed by atoms with E-state index >= 15 is 0 Å². The topological polar surface area (TPSA) is 25.8 Å². The van der Waals surface area contributed by atoms with Gasteiger partial charge in [0.25, 0.3) is 0 Å². The summed E-state index contributed by atoms with van der Waals surface area (Å²) in [5.74, 6) is 0. The van der Waals surface area contributed by atoms with Crippen LogP contribution in [0.4, 0.5) is 0 Å². The molecule has 4 rings (SSSR count). The molecular weight excluding hydrogens is 260 g/mol. The second-order valence-electron chi connectivity index (χ2n) is 3.95. The van der Waals surface area contributed by atoms with E-state index in [1.807, 2.05) is 23.7 Å². The molecule has 4 heteroatoms. The predicted octanol–water partition coefficient (Wildman–Crippen LogP) is 4.37. The van der Waals surface area contributed by atoms with Crippen molar-refractivity contribution in [1.29, 1.82) is 0 Å². The zero-order valence-corrected chi connectivity index (χ0v) is 10.9. The van der Waals surface area contributed by atoms with E-state index in [2.05, 4.69) is 34.2 Å². The molecule has 0 saturated heterocycles. The normalized spacial score (nSPS) is 11.3. The van der Waals surface area contributed by atoms with Crippen molar-refractivity contribution < 1.29 is 0 Å². The molecule has 2 aromatic heterocycles. The third kappa shape index (κ3) is 1.54. The van der Waals surface area contributed by atoms with Gasteiger partial charge in [0.1, 0.15) is 5.01 Å². The largest absolute Gasteiger partial charge is 0.245 e. The molecule has 2 nitrogen and oxygen atoms in total. The van der Waals surface area contributed by atoms with Gasteiger partial charge in [-0.25, -0.2) is 9.97 Å². The van der Waals surface area contributed by atoms with Gasteiger partial charge in [-0.3, -0.25) is 0 Å². The highest BCUT2D eigenvalue weighted by molar-refractivity contribution is 7.21. The van der Waals surface area contributed by atoms with Crippen LogP contribution in [0.2, 0.25) is 0 Å². The quantitative estimate of drug-likeness (QED) is 0.511. The van der Waals surface area contributed by atoms with Crippen molar-refractivity contribution in [1.82, 2.24) is 9.97 Å². The van der Waals surface area contributed by atoms with E-state index in [9.17, 15) is 0 Å². The summed E-state index contributed by atoms with van der Waals surface area (Å²) in [6.45, 7) is 0. The maximum Gasteiger partial charge on any atom is 0.124 e. The molecule has 0 spiro atoms. The molecule has 85 valence electrons. The van der Waals surface area contributed by atoms with E-state index in [1.54, 1.807) is 22.7 Å². The number of nitrogens with zero attached hydrogens (tertiary/aromatic N) is 2. The van der Waals surface area contributed by atoms with E-state index in [0.717, 1.165) is 21.6 Å². The first-order chi connectivity index (χ1) is 8.90. The fourth-order valence-electron chi connectivity index (χ4n) is 1.93. The van der Waals surface area contributed by atoms with Gasteiger partial charge >= 0.3 is 0 Å². The van der Waals surface area contributed by atoms with Crippen LogP contribution in [0.3, 0.4) is 0 Å². The van der Waals surface area contributed by atoms with Gasteiger partial charge in [-0.1, -0.05) is 12.1 Å². The molecule has 0 aliphatic carbocycles. The first kappa shape index (κ1) is 10.2. The lowest BCUT2D eigenvalue weighted by Gasteiger charge is -1.95. The zero-order chi connectivity index (χ0) is 11.9. The Bertz CT molecular complexity index is 812. The molecule has 0 amide bonds. The van der Waals surface area contributed by atoms with E-state index in [1.165, 1.54) is 9.40 Å². The molecule has 18 heavy (non-hydrogen) atoms. The molecule has 2 heterocycles. The van der Waals surface area contributed by atoms with Crippen molar-refractivity contribution in [2.45, 2.75) is 0 Å². The van der Waals surface area contributed by atoms with Gasteiger partial charge in [-0.05, 0) is 30.3 Å². The summed E-state index contributed by atoms with van der Waals surface area (Å²) in [6.07, 6.45) is 0. The third-order valence-corrected chi connectivity index (χ3v) is 4.69. The molecule has 0 atom stereocenters. The van der Waals surface area contributed by atoms with Crippen LogP contribution in [0, 0.1) is 6.07 Å². The summed E-state index contributed by atoms with van der Waals surface area (Å²) in [7, 11) is 0. The summed E-state index contributed by atoms with van der Waals surface area (Å²) in [4.78, 5) is 9.00. The lowest BCUT2D eigenvalue weighted by molar-refractivity contribution is 1.46. The Balaban J connectivity index is 1.94. The minimum absolute atomic E-state index is 1.03. The van der Waals surface area contributed by atoms with Gasteiger partial charge in [0, 0.05) is 5.56 Å². The van der Waals surface area contributed by atoms with Crippen molar-refractivity contribution in [3.05, 3.63) is 48.0 Å². The molecule has 0 aliphatic rings. The SMILES string of the molecule is [c]1ccc2nc(-c3ccc4scnc4c3)sc2c1. The van der Waals surface area contributed by atoms with Gasteiger partial charge in [0.05, 0.1) is 25.9 Å². The monoisotopic (exact) mass is 267 g/mol. The summed E-state index contributed by atoms with van der Waals surface area (Å²) < 4.78 is 2.39. The summed E-state index contributed by atoms with van der Waals surface area (Å²) >= 11 is 3.36. The molecule has 0 unspecified atom stereocenters. The lowest BCUT2D eigenvalue weighted by atomic mass is 10.2. The number of hydrogen-bond donors (Lipinski definition) is 0. The molecule has 0 bridgehead atoms. The molecular formula is C14H7N2S2. The standard InChI is InChI=1S/C14H7N2S2/c1-2-4-13-10(3-1)16-14(18-13)9-5-6-12-11(7-9)15-8-17-12/h1,3-8H. The summed E-state index contributed by atoms with van der Waals surface area (Å²) in [5.41, 5.74) is 5.09. The Kier molecular flexibility index (Phi) is 2.18. The fraction of sp³-hybridized carbons (Fsp3) is 0. The first-order valence-corrected chi connectivity index (χ1v) is 7.20. The predicted molar refractivity (Wildman–Crippen MR) is 77.1 cm³/mol. The Morgan fingerprint density at radius 1 is 1.06 bits per heavy atom. The van der Waals surface area contributed by atoms with E-state index < -0.39 is 0 Å². The van der Waals surface area contributed by atoms with E-state index in [4.69, 9.17) is 0 Å². The Morgan fingerprint density at radius 2 is 2.06 bits per heavy atom. The fourth-order valence-corrected chi connectivity index (χ4v) is 3.53. The van der Waals surface area contributed by atoms with Gasteiger partial charge in [0.15, 0.2) is 0 Å². The second-order valence-corrected chi connectivity index (χ2v) is 5.86. The van der Waals surface area contributed by atoms with Crippen molar-refractivity contribution >= 4 is 43.1 Å². The smallest absolute Gasteiger partial charge is 0.124 e. The Hall–Kier alpha value is -1.78. The first-order valence-electron chi connectivity index (χ1n) is 5.50. The summed E-state index contributed by atoms with van der Waals surface area (Å²) in [6, 6.07) is 15.3. The van der Waals surface area contributed by atoms with Crippen LogP contribution < -0.4 is 0 Å². The molecule has 2 aromatic carbocycles. The zero-order valence-electron chi connectivity index (χ0n) is 9.25. The van der Waals surface area contributed by atoms with Gasteiger partial charge in [0.2, 0.25) is 0 Å². The van der Waals surface area contributed by atoms with Crippen LogP contribution in [0.5, 0.6) is 0 Å². The molecule has 4 aromatic rings. The van der Waals surface area contributed by atoms with Crippen LogP contribution in [0.1, 0.15) is 0 Å². The number of thiazole rings is 2. The molecule has 0 saturated carbocycles. The average Bonchev–Trinajstić information content (AvgIpc) is 3.04. The van der Waals surface area contributed by atoms with Crippen LogP contribution in [-0.2, 0) is 0 Å². The third-order valence-electron chi connectivity index (χ3n) is 2.81. The van der Waals surface area contributed by atoms with E-state index in [0.29, 0.717) is 0 Å². The highest BCUT2D eigenvalue weighted by atomic mass is 32.1. The van der Waals surface area contributed by atoms with Crippen LogP contribution in [0.15, 0.2) is 41.9 Å². The Morgan fingerprint density at radius 3 is 3.00 bits per heavy atom. The minimum atomic E-state index is 1.03. The summed E-state index contributed by atoms with van der Waals surface area (Å²) in [5, 5.41) is 1.04. The maximum atomic E-state index is 4.65. The van der Waals surface area contributed by atoms with Crippen LogP contribution in [-0.4, -0.2) is 9.97 Å². The average molecular weight is 267 g/mol. The molecule has 0 aliphatic heterocycles. The number of benzene rings is 2. The van der Waals surface area contributed by atoms with Crippen LogP contribution >= 0.6 is 22.7 Å². The maximum absolute atomic E-state index is 4.65. The highest BCUT2D eigenvalue weighted by Gasteiger charge is 2.07. The molecule has 1 radical (unpaired) electrons. The second kappa shape index (κ2) is 3.86. The minimum Gasteiger partial charge on any atom is -0.245 e. The van der Waals surface area contributed by atoms with Gasteiger partial charge < -0.3 is 0 Å². The van der Waals surface area contributed by atoms with Gasteiger partial charge in [-0.2, -0.15) is 0 Å². The van der Waals surface area contributed by atoms with E-state index in [-0.39, 0.29) is 0 Å². The highest BCUT2D eigenvalue weighted by Crippen LogP contribution is 2.31. The van der Waals surface area contributed by atoms with Crippen molar-refractivity contribution in [2.24, 2.45) is 0 Å². The number of rotatable bonds is 1.